The van der Waals surface area contributed by atoms with Gasteiger partial charge in [-0.1, -0.05) is 54.6 Å². The Balaban J connectivity index is 1.50. The molecule has 0 aliphatic rings. The Kier molecular flexibility index (Phi) is 6.73. The van der Waals surface area contributed by atoms with Crippen LogP contribution in [0.5, 0.6) is 5.75 Å². The summed E-state index contributed by atoms with van der Waals surface area (Å²) in [5.41, 5.74) is 1.59. The molecule has 0 aliphatic heterocycles. The Morgan fingerprint density at radius 1 is 0.759 bits per heavy atom. The van der Waals surface area contributed by atoms with Gasteiger partial charge in [0.1, 0.15) is 12.4 Å². The second kappa shape index (κ2) is 9.85. The highest BCUT2D eigenvalue weighted by Crippen LogP contribution is 2.16. The van der Waals surface area contributed by atoms with E-state index >= 15 is 0 Å². The quantitative estimate of drug-likeness (QED) is 0.627. The van der Waals surface area contributed by atoms with Crippen LogP contribution in [-0.2, 0) is 16.1 Å². The van der Waals surface area contributed by atoms with E-state index in [-0.39, 0.29) is 5.56 Å². The van der Waals surface area contributed by atoms with E-state index in [0.29, 0.717) is 17.9 Å². The number of carbonyl (C=O) groups is 3. The van der Waals surface area contributed by atoms with E-state index in [9.17, 15) is 14.4 Å². The summed E-state index contributed by atoms with van der Waals surface area (Å²) in [6.07, 6.45) is 0. The molecule has 0 unspecified atom stereocenters. The van der Waals surface area contributed by atoms with Crippen molar-refractivity contribution in [1.29, 1.82) is 0 Å². The SMILES string of the molecule is O=C(COC(=O)c1cccc(OCc2ccccc2)c1)NC(=O)c1ccccc1. The van der Waals surface area contributed by atoms with Gasteiger partial charge < -0.3 is 9.47 Å². The van der Waals surface area contributed by atoms with E-state index in [1.54, 1.807) is 48.5 Å². The third kappa shape index (κ3) is 6.04. The first-order valence-electron chi connectivity index (χ1n) is 8.95. The van der Waals surface area contributed by atoms with Crippen LogP contribution in [0.3, 0.4) is 0 Å². The number of hydrogen-bond donors (Lipinski definition) is 1. The molecule has 1 N–H and O–H groups in total. The fourth-order valence-electron chi connectivity index (χ4n) is 2.49. The molecular formula is C23H19NO5. The van der Waals surface area contributed by atoms with E-state index < -0.39 is 24.4 Å². The van der Waals surface area contributed by atoms with Crippen LogP contribution < -0.4 is 10.1 Å². The van der Waals surface area contributed by atoms with Gasteiger partial charge in [0.2, 0.25) is 0 Å². The van der Waals surface area contributed by atoms with Crippen molar-refractivity contribution in [1.82, 2.24) is 5.32 Å². The first-order chi connectivity index (χ1) is 14.1. The third-order valence-corrected chi connectivity index (χ3v) is 3.94. The summed E-state index contributed by atoms with van der Waals surface area (Å²) in [4.78, 5) is 36.0. The molecule has 2 amide bonds. The van der Waals surface area contributed by atoms with Crippen LogP contribution in [0.2, 0.25) is 0 Å². The molecule has 0 heterocycles. The van der Waals surface area contributed by atoms with Crippen molar-refractivity contribution in [3.63, 3.8) is 0 Å². The summed E-state index contributed by atoms with van der Waals surface area (Å²) in [6, 6.07) is 24.4. The number of nitrogens with one attached hydrogen (secondary N) is 1. The van der Waals surface area contributed by atoms with Crippen molar-refractivity contribution < 1.29 is 23.9 Å². The molecule has 6 nitrogen and oxygen atoms in total. The van der Waals surface area contributed by atoms with Crippen LogP contribution in [0.1, 0.15) is 26.3 Å². The minimum Gasteiger partial charge on any atom is -0.489 e. The van der Waals surface area contributed by atoms with Crippen molar-refractivity contribution >= 4 is 17.8 Å². The topological polar surface area (TPSA) is 81.7 Å². The second-order valence-electron chi connectivity index (χ2n) is 6.12. The van der Waals surface area contributed by atoms with Crippen LogP contribution in [0.4, 0.5) is 0 Å². The van der Waals surface area contributed by atoms with E-state index in [4.69, 9.17) is 9.47 Å². The van der Waals surface area contributed by atoms with Gasteiger partial charge in [-0.2, -0.15) is 0 Å². The van der Waals surface area contributed by atoms with Gasteiger partial charge in [-0.15, -0.1) is 0 Å². The Morgan fingerprint density at radius 3 is 2.14 bits per heavy atom. The zero-order valence-corrected chi connectivity index (χ0v) is 15.5. The van der Waals surface area contributed by atoms with Gasteiger partial charge >= 0.3 is 5.97 Å². The van der Waals surface area contributed by atoms with Crippen molar-refractivity contribution in [2.24, 2.45) is 0 Å². The fourth-order valence-corrected chi connectivity index (χ4v) is 2.49. The van der Waals surface area contributed by atoms with E-state index in [2.05, 4.69) is 5.32 Å². The minimum absolute atomic E-state index is 0.248. The highest BCUT2D eigenvalue weighted by Gasteiger charge is 2.14. The third-order valence-electron chi connectivity index (χ3n) is 3.94. The summed E-state index contributed by atoms with van der Waals surface area (Å²) in [6.45, 7) is -0.199. The molecule has 3 aromatic rings. The lowest BCUT2D eigenvalue weighted by Crippen LogP contribution is -2.34. The fraction of sp³-hybridized carbons (Fsp3) is 0.0870. The molecule has 0 saturated carbocycles. The number of rotatable bonds is 7. The smallest absolute Gasteiger partial charge is 0.338 e. The largest absolute Gasteiger partial charge is 0.489 e. The molecule has 0 atom stereocenters. The van der Waals surface area contributed by atoms with Gasteiger partial charge in [-0.05, 0) is 35.9 Å². The monoisotopic (exact) mass is 389 g/mol. The average molecular weight is 389 g/mol. The lowest BCUT2D eigenvalue weighted by molar-refractivity contribution is -0.123. The van der Waals surface area contributed by atoms with Crippen LogP contribution in [0, 0.1) is 0 Å². The van der Waals surface area contributed by atoms with Crippen LogP contribution in [0.25, 0.3) is 0 Å². The predicted octanol–water partition coefficient (Wildman–Crippen LogP) is 3.38. The molecule has 3 rings (SSSR count). The predicted molar refractivity (Wildman–Crippen MR) is 106 cm³/mol. The number of carbonyl (C=O) groups excluding carboxylic acids is 3. The number of hydrogen-bond acceptors (Lipinski definition) is 5. The summed E-state index contributed by atoms with van der Waals surface area (Å²) in [7, 11) is 0. The van der Waals surface area contributed by atoms with Gasteiger partial charge in [0, 0.05) is 5.56 Å². The van der Waals surface area contributed by atoms with E-state index in [1.807, 2.05) is 30.3 Å². The number of esters is 1. The average Bonchev–Trinajstić information content (AvgIpc) is 2.77. The highest BCUT2D eigenvalue weighted by atomic mass is 16.5. The van der Waals surface area contributed by atoms with E-state index in [0.717, 1.165) is 5.56 Å². The number of ether oxygens (including phenoxy) is 2. The maximum absolute atomic E-state index is 12.2. The highest BCUT2D eigenvalue weighted by molar-refractivity contribution is 6.05. The zero-order chi connectivity index (χ0) is 20.5. The molecular weight excluding hydrogens is 370 g/mol. The number of amides is 2. The Hall–Kier alpha value is -3.93. The molecule has 146 valence electrons. The molecule has 0 aromatic heterocycles. The molecule has 0 aliphatic carbocycles. The number of imide groups is 1. The van der Waals surface area contributed by atoms with Crippen molar-refractivity contribution in [2.75, 3.05) is 6.61 Å². The zero-order valence-electron chi connectivity index (χ0n) is 15.5. The van der Waals surface area contributed by atoms with Crippen LogP contribution >= 0.6 is 0 Å². The van der Waals surface area contributed by atoms with E-state index in [1.165, 1.54) is 6.07 Å². The van der Waals surface area contributed by atoms with Crippen LogP contribution in [0.15, 0.2) is 84.9 Å². The van der Waals surface area contributed by atoms with Gasteiger partial charge in [-0.3, -0.25) is 14.9 Å². The Morgan fingerprint density at radius 2 is 1.41 bits per heavy atom. The van der Waals surface area contributed by atoms with Gasteiger partial charge in [0.25, 0.3) is 11.8 Å². The van der Waals surface area contributed by atoms with Crippen molar-refractivity contribution in [3.05, 3.63) is 102 Å². The normalized spacial score (nSPS) is 10.1. The standard InChI is InChI=1S/C23H19NO5/c25-21(24-22(26)18-10-5-2-6-11-18)16-29-23(27)19-12-7-13-20(14-19)28-15-17-8-3-1-4-9-17/h1-14H,15-16H2,(H,24,25,26). The molecule has 29 heavy (non-hydrogen) atoms. The second-order valence-corrected chi connectivity index (χ2v) is 6.12. The Bertz CT molecular complexity index is 986. The van der Waals surface area contributed by atoms with Gasteiger partial charge in [-0.25, -0.2) is 4.79 Å². The number of benzene rings is 3. The maximum Gasteiger partial charge on any atom is 0.338 e. The lowest BCUT2D eigenvalue weighted by Gasteiger charge is -2.09. The maximum atomic E-state index is 12.2. The summed E-state index contributed by atoms with van der Waals surface area (Å²) in [5, 5.41) is 2.17. The minimum atomic E-state index is -0.705. The lowest BCUT2D eigenvalue weighted by atomic mass is 10.2. The first-order valence-corrected chi connectivity index (χ1v) is 8.95. The van der Waals surface area contributed by atoms with Gasteiger partial charge in [0.15, 0.2) is 6.61 Å². The van der Waals surface area contributed by atoms with Gasteiger partial charge in [0.05, 0.1) is 5.56 Å². The molecule has 0 fully saturated rings. The molecule has 0 spiro atoms. The summed E-state index contributed by atoms with van der Waals surface area (Å²) < 4.78 is 10.7. The summed E-state index contributed by atoms with van der Waals surface area (Å²) >= 11 is 0. The van der Waals surface area contributed by atoms with Crippen molar-refractivity contribution in [2.45, 2.75) is 6.61 Å². The first kappa shape index (κ1) is 19.8. The molecule has 0 saturated heterocycles. The van der Waals surface area contributed by atoms with Crippen molar-refractivity contribution in [3.8, 4) is 5.75 Å². The summed E-state index contributed by atoms with van der Waals surface area (Å²) in [5.74, 6) is -1.43. The molecule has 0 bridgehead atoms. The molecule has 0 radical (unpaired) electrons. The molecule has 6 heteroatoms. The Labute approximate surface area is 168 Å². The van der Waals surface area contributed by atoms with Crippen LogP contribution in [-0.4, -0.2) is 24.4 Å². The molecule has 3 aromatic carbocycles.